The van der Waals surface area contributed by atoms with E-state index < -0.39 is 4.92 Å². The Hall–Kier alpha value is -2.69. The van der Waals surface area contributed by atoms with E-state index in [1.54, 1.807) is 0 Å². The third kappa shape index (κ3) is 3.49. The largest absolute Gasteiger partial charge is 0.322 e. The summed E-state index contributed by atoms with van der Waals surface area (Å²) in [7, 11) is 0. The lowest BCUT2D eigenvalue weighted by Gasteiger charge is -2.12. The Kier molecular flexibility index (Phi) is 4.56. The molecule has 0 bridgehead atoms. The van der Waals surface area contributed by atoms with Gasteiger partial charge in [-0.25, -0.2) is 0 Å². The van der Waals surface area contributed by atoms with Crippen LogP contribution in [-0.4, -0.2) is 10.8 Å². The van der Waals surface area contributed by atoms with Crippen LogP contribution in [0.2, 0.25) is 0 Å². The van der Waals surface area contributed by atoms with Gasteiger partial charge in [-0.3, -0.25) is 14.9 Å². The maximum atomic E-state index is 12.2. The molecule has 1 N–H and O–H groups in total. The molecule has 0 aliphatic heterocycles. The summed E-state index contributed by atoms with van der Waals surface area (Å²) in [5.74, 6) is 0.0922. The average Bonchev–Trinajstić information content (AvgIpc) is 2.49. The van der Waals surface area contributed by atoms with Crippen LogP contribution in [0.3, 0.4) is 0 Å². The summed E-state index contributed by atoms with van der Waals surface area (Å²) in [5, 5.41) is 13.5. The van der Waals surface area contributed by atoms with Crippen LogP contribution in [0.25, 0.3) is 0 Å². The van der Waals surface area contributed by atoms with Crippen molar-refractivity contribution < 1.29 is 9.72 Å². The molecular formula is C17H18N2O3. The predicted octanol–water partition coefficient (Wildman–Crippen LogP) is 4.28. The minimum absolute atomic E-state index is 0.0328. The maximum Gasteiger partial charge on any atom is 0.269 e. The van der Waals surface area contributed by atoms with Crippen LogP contribution in [-0.2, 0) is 0 Å². The molecule has 114 valence electrons. The monoisotopic (exact) mass is 298 g/mol. The van der Waals surface area contributed by atoms with E-state index in [0.717, 1.165) is 16.8 Å². The van der Waals surface area contributed by atoms with Crippen LogP contribution in [0, 0.1) is 17.0 Å². The van der Waals surface area contributed by atoms with Crippen LogP contribution in [0.1, 0.15) is 41.3 Å². The molecule has 22 heavy (non-hydrogen) atoms. The summed E-state index contributed by atoms with van der Waals surface area (Å²) in [4.78, 5) is 22.4. The Balaban J connectivity index is 2.21. The predicted molar refractivity (Wildman–Crippen MR) is 86.3 cm³/mol. The zero-order valence-electron chi connectivity index (χ0n) is 12.8. The van der Waals surface area contributed by atoms with Gasteiger partial charge < -0.3 is 5.32 Å². The summed E-state index contributed by atoms with van der Waals surface area (Å²) >= 11 is 0. The first-order chi connectivity index (χ1) is 10.4. The smallest absolute Gasteiger partial charge is 0.269 e. The molecule has 0 aliphatic rings. The number of nitrogens with one attached hydrogen (secondary N) is 1. The Labute approximate surface area is 129 Å². The van der Waals surface area contributed by atoms with Gasteiger partial charge in [0.05, 0.1) is 4.92 Å². The highest BCUT2D eigenvalue weighted by atomic mass is 16.6. The van der Waals surface area contributed by atoms with E-state index in [0.29, 0.717) is 11.5 Å². The first-order valence-electron chi connectivity index (χ1n) is 7.05. The lowest BCUT2D eigenvalue weighted by molar-refractivity contribution is -0.384. The highest BCUT2D eigenvalue weighted by Gasteiger charge is 2.11. The fourth-order valence-electron chi connectivity index (χ4n) is 2.06. The van der Waals surface area contributed by atoms with Gasteiger partial charge in [-0.15, -0.1) is 0 Å². The maximum absolute atomic E-state index is 12.2. The van der Waals surface area contributed by atoms with Crippen molar-refractivity contribution in [1.82, 2.24) is 0 Å². The van der Waals surface area contributed by atoms with Crippen molar-refractivity contribution in [3.8, 4) is 0 Å². The van der Waals surface area contributed by atoms with E-state index in [1.165, 1.54) is 24.3 Å². The van der Waals surface area contributed by atoms with E-state index in [-0.39, 0.29) is 11.6 Å². The van der Waals surface area contributed by atoms with Gasteiger partial charge in [0.15, 0.2) is 0 Å². The number of carbonyl (C=O) groups is 1. The molecule has 0 spiro atoms. The van der Waals surface area contributed by atoms with Crippen LogP contribution in [0.5, 0.6) is 0 Å². The fraction of sp³-hybridized carbons (Fsp3) is 0.235. The number of aryl methyl sites for hydroxylation is 1. The number of non-ortho nitro benzene ring substituents is 1. The third-order valence-electron chi connectivity index (χ3n) is 3.52. The first kappa shape index (κ1) is 15.7. The number of amides is 1. The summed E-state index contributed by atoms with van der Waals surface area (Å²) in [6.07, 6.45) is 0. The number of anilines is 1. The number of rotatable bonds is 4. The molecule has 0 aliphatic carbocycles. The summed E-state index contributed by atoms with van der Waals surface area (Å²) < 4.78 is 0. The lowest BCUT2D eigenvalue weighted by Crippen LogP contribution is -2.13. The molecule has 0 fully saturated rings. The Morgan fingerprint density at radius 3 is 2.32 bits per heavy atom. The fourth-order valence-corrected chi connectivity index (χ4v) is 2.06. The van der Waals surface area contributed by atoms with Crippen LogP contribution >= 0.6 is 0 Å². The zero-order chi connectivity index (χ0) is 16.3. The minimum Gasteiger partial charge on any atom is -0.322 e. The molecule has 0 heterocycles. The standard InChI is InChI=1S/C17H18N2O3/c1-11(2)14-5-4-12(3)16(10-14)18-17(20)13-6-8-15(9-7-13)19(21)22/h4-11H,1-3H3,(H,18,20). The molecule has 1 amide bonds. The van der Waals surface area contributed by atoms with Crippen molar-refractivity contribution in [1.29, 1.82) is 0 Å². The molecule has 0 unspecified atom stereocenters. The summed E-state index contributed by atoms with van der Waals surface area (Å²) in [5.41, 5.74) is 3.23. The molecule has 5 heteroatoms. The van der Waals surface area contributed by atoms with Crippen LogP contribution < -0.4 is 5.32 Å². The minimum atomic E-state index is -0.488. The topological polar surface area (TPSA) is 72.2 Å². The number of hydrogen-bond donors (Lipinski definition) is 1. The van der Waals surface area contributed by atoms with E-state index in [9.17, 15) is 14.9 Å². The van der Waals surface area contributed by atoms with Gasteiger partial charge in [-0.05, 0) is 42.2 Å². The van der Waals surface area contributed by atoms with Crippen molar-refractivity contribution in [2.24, 2.45) is 0 Å². The summed E-state index contributed by atoms with van der Waals surface area (Å²) in [6, 6.07) is 11.5. The highest BCUT2D eigenvalue weighted by molar-refractivity contribution is 6.04. The van der Waals surface area contributed by atoms with Crippen LogP contribution in [0.4, 0.5) is 11.4 Å². The first-order valence-corrected chi connectivity index (χ1v) is 7.05. The molecule has 2 aromatic carbocycles. The van der Waals surface area contributed by atoms with Gasteiger partial charge in [0, 0.05) is 23.4 Å². The van der Waals surface area contributed by atoms with Crippen molar-refractivity contribution in [2.75, 3.05) is 5.32 Å². The second-order valence-corrected chi connectivity index (χ2v) is 5.49. The quantitative estimate of drug-likeness (QED) is 0.676. The van der Waals surface area contributed by atoms with Crippen molar-refractivity contribution in [2.45, 2.75) is 26.7 Å². The Bertz CT molecular complexity index is 706. The molecular weight excluding hydrogens is 280 g/mol. The normalized spacial score (nSPS) is 10.5. The molecule has 0 atom stereocenters. The van der Waals surface area contributed by atoms with E-state index >= 15 is 0 Å². The molecule has 0 saturated carbocycles. The van der Waals surface area contributed by atoms with Gasteiger partial charge in [-0.1, -0.05) is 26.0 Å². The number of nitrogens with zero attached hydrogens (tertiary/aromatic N) is 1. The second-order valence-electron chi connectivity index (χ2n) is 5.49. The van der Waals surface area contributed by atoms with Gasteiger partial charge in [0.25, 0.3) is 11.6 Å². The van der Waals surface area contributed by atoms with Crippen molar-refractivity contribution in [3.63, 3.8) is 0 Å². The third-order valence-corrected chi connectivity index (χ3v) is 3.52. The van der Waals surface area contributed by atoms with Gasteiger partial charge in [0.1, 0.15) is 0 Å². The molecule has 5 nitrogen and oxygen atoms in total. The Morgan fingerprint density at radius 2 is 1.77 bits per heavy atom. The van der Waals surface area contributed by atoms with Crippen molar-refractivity contribution in [3.05, 3.63) is 69.3 Å². The molecule has 0 saturated heterocycles. The molecule has 0 radical (unpaired) electrons. The number of nitro benzene ring substituents is 1. The number of hydrogen-bond acceptors (Lipinski definition) is 3. The van der Waals surface area contributed by atoms with E-state index in [4.69, 9.17) is 0 Å². The SMILES string of the molecule is Cc1ccc(C(C)C)cc1NC(=O)c1ccc([N+](=O)[O-])cc1. The average molecular weight is 298 g/mol. The van der Waals surface area contributed by atoms with E-state index in [2.05, 4.69) is 19.2 Å². The van der Waals surface area contributed by atoms with E-state index in [1.807, 2.05) is 25.1 Å². The van der Waals surface area contributed by atoms with Gasteiger partial charge in [-0.2, -0.15) is 0 Å². The highest BCUT2D eigenvalue weighted by Crippen LogP contribution is 2.23. The van der Waals surface area contributed by atoms with Gasteiger partial charge in [0.2, 0.25) is 0 Å². The number of carbonyl (C=O) groups excluding carboxylic acids is 1. The molecule has 0 aromatic heterocycles. The second kappa shape index (κ2) is 6.39. The summed E-state index contributed by atoms with van der Waals surface area (Å²) in [6.45, 7) is 6.11. The number of nitro groups is 1. The van der Waals surface area contributed by atoms with Crippen molar-refractivity contribution >= 4 is 17.3 Å². The lowest BCUT2D eigenvalue weighted by atomic mass is 10.0. The molecule has 2 rings (SSSR count). The Morgan fingerprint density at radius 1 is 1.14 bits per heavy atom. The van der Waals surface area contributed by atoms with Crippen LogP contribution in [0.15, 0.2) is 42.5 Å². The zero-order valence-corrected chi connectivity index (χ0v) is 12.8. The number of benzene rings is 2. The van der Waals surface area contributed by atoms with Gasteiger partial charge >= 0.3 is 0 Å². The molecule has 2 aromatic rings.